The van der Waals surface area contributed by atoms with E-state index in [9.17, 15) is 14.4 Å². The van der Waals surface area contributed by atoms with E-state index in [-0.39, 0.29) is 31.1 Å². The van der Waals surface area contributed by atoms with E-state index >= 15 is 0 Å². The third kappa shape index (κ3) is 65.1. The molecule has 1 atom stereocenters. The fraction of sp³-hybridized carbons (Fsp3) is 0.743. The first-order valence-electron chi connectivity index (χ1n) is 34.2. The second kappa shape index (κ2) is 67.8. The highest BCUT2D eigenvalue weighted by atomic mass is 16.6. The molecule has 460 valence electrons. The molecule has 0 rings (SSSR count). The van der Waals surface area contributed by atoms with Crippen molar-refractivity contribution in [3.05, 3.63) is 97.2 Å². The Bertz CT molecular complexity index is 1560. The van der Waals surface area contributed by atoms with Gasteiger partial charge in [0.2, 0.25) is 0 Å². The van der Waals surface area contributed by atoms with Crippen LogP contribution in [0.4, 0.5) is 0 Å². The zero-order chi connectivity index (χ0) is 57.8. The Labute approximate surface area is 496 Å². The fourth-order valence-electron chi connectivity index (χ4n) is 9.67. The zero-order valence-electron chi connectivity index (χ0n) is 52.8. The smallest absolute Gasteiger partial charge is 0.306 e. The summed E-state index contributed by atoms with van der Waals surface area (Å²) < 4.78 is 17.0. The number of esters is 3. The van der Waals surface area contributed by atoms with E-state index in [0.717, 1.165) is 109 Å². The van der Waals surface area contributed by atoms with Gasteiger partial charge >= 0.3 is 17.9 Å². The van der Waals surface area contributed by atoms with Gasteiger partial charge in [-0.05, 0) is 122 Å². The zero-order valence-corrected chi connectivity index (χ0v) is 52.8. The van der Waals surface area contributed by atoms with Gasteiger partial charge in [-0.2, -0.15) is 0 Å². The van der Waals surface area contributed by atoms with Gasteiger partial charge in [-0.25, -0.2) is 0 Å². The molecule has 0 aliphatic heterocycles. The highest BCUT2D eigenvalue weighted by Gasteiger charge is 2.19. The van der Waals surface area contributed by atoms with Crippen molar-refractivity contribution in [3.8, 4) is 0 Å². The third-order valence-corrected chi connectivity index (χ3v) is 14.8. The molecule has 0 heterocycles. The summed E-state index contributed by atoms with van der Waals surface area (Å²) in [5.74, 6) is -0.888. The molecule has 0 saturated carbocycles. The van der Waals surface area contributed by atoms with E-state index in [4.69, 9.17) is 14.2 Å². The molecule has 0 spiro atoms. The summed E-state index contributed by atoms with van der Waals surface area (Å²) in [5, 5.41) is 0. The van der Waals surface area contributed by atoms with Crippen LogP contribution in [-0.4, -0.2) is 37.2 Å². The van der Waals surface area contributed by atoms with Crippen LogP contribution in [0.2, 0.25) is 0 Å². The van der Waals surface area contributed by atoms with Crippen LogP contribution in [0.25, 0.3) is 0 Å². The molecule has 0 aromatic carbocycles. The molecule has 0 N–H and O–H groups in total. The predicted octanol–water partition coefficient (Wildman–Crippen LogP) is 23.6. The largest absolute Gasteiger partial charge is 0.462 e. The molecule has 0 bridgehead atoms. The first-order valence-corrected chi connectivity index (χ1v) is 34.2. The van der Waals surface area contributed by atoms with Crippen LogP contribution in [0.3, 0.4) is 0 Å². The Balaban J connectivity index is 4.37. The van der Waals surface area contributed by atoms with Gasteiger partial charge in [0.25, 0.3) is 0 Å². The summed E-state index contributed by atoms with van der Waals surface area (Å²) in [5.41, 5.74) is 0. The first-order chi connectivity index (χ1) is 39.5. The lowest BCUT2D eigenvalue weighted by Gasteiger charge is -2.18. The van der Waals surface area contributed by atoms with Crippen molar-refractivity contribution in [2.75, 3.05) is 13.2 Å². The van der Waals surface area contributed by atoms with Gasteiger partial charge in [-0.15, -0.1) is 0 Å². The van der Waals surface area contributed by atoms with Crippen molar-refractivity contribution in [2.24, 2.45) is 0 Å². The van der Waals surface area contributed by atoms with Crippen LogP contribution >= 0.6 is 0 Å². The molecule has 1 unspecified atom stereocenters. The van der Waals surface area contributed by atoms with Crippen LogP contribution in [0.5, 0.6) is 0 Å². The predicted molar refractivity (Wildman–Crippen MR) is 348 cm³/mol. The number of hydrogen-bond acceptors (Lipinski definition) is 6. The molecular formula is C74H128O6. The topological polar surface area (TPSA) is 78.9 Å². The van der Waals surface area contributed by atoms with Crippen molar-refractivity contribution in [1.29, 1.82) is 0 Å². The van der Waals surface area contributed by atoms with E-state index in [0.29, 0.717) is 19.3 Å². The lowest BCUT2D eigenvalue weighted by Crippen LogP contribution is -2.30. The molecule has 6 heteroatoms. The van der Waals surface area contributed by atoms with Gasteiger partial charge in [0.15, 0.2) is 6.10 Å². The van der Waals surface area contributed by atoms with E-state index < -0.39 is 6.10 Å². The maximum Gasteiger partial charge on any atom is 0.306 e. The minimum Gasteiger partial charge on any atom is -0.462 e. The van der Waals surface area contributed by atoms with Crippen molar-refractivity contribution >= 4 is 17.9 Å². The Morgan fingerprint density at radius 3 is 0.800 bits per heavy atom. The number of carbonyl (C=O) groups excluding carboxylic acids is 3. The second-order valence-electron chi connectivity index (χ2n) is 22.7. The van der Waals surface area contributed by atoms with Gasteiger partial charge in [-0.3, -0.25) is 14.4 Å². The monoisotopic (exact) mass is 1110 g/mol. The van der Waals surface area contributed by atoms with Gasteiger partial charge < -0.3 is 14.2 Å². The highest BCUT2D eigenvalue weighted by molar-refractivity contribution is 5.71. The molecule has 6 nitrogen and oxygen atoms in total. The fourth-order valence-corrected chi connectivity index (χ4v) is 9.67. The standard InChI is InChI=1S/C74H128O6/c1-4-7-10-13-16-19-22-25-28-31-34-35-36-37-38-39-41-43-46-49-52-55-58-61-64-67-73(76)79-70-71(69-78-72(75)66-63-60-57-54-51-48-45-42-33-30-27-24-21-18-15-12-9-6-3)80-74(77)68-65-62-59-56-53-50-47-44-40-32-29-26-23-20-17-14-11-8-5-2/h7,10,16-17,19-20,25-26,28-30,33-35,40,44,71H,4-6,8-9,11-15,18,21-24,27,31-32,36-39,41-43,45-70H2,1-3H3/b10-7-,19-16-,20-17-,28-25-,29-26-,33-30-,35-34-,44-40-. The number of unbranched alkanes of at least 4 members (excludes halogenated alkanes) is 35. The minimum atomic E-state index is -0.789. The van der Waals surface area contributed by atoms with Crippen LogP contribution in [-0.2, 0) is 28.6 Å². The number of allylic oxidation sites excluding steroid dienone is 16. The van der Waals surface area contributed by atoms with Crippen molar-refractivity contribution in [1.82, 2.24) is 0 Å². The second-order valence-corrected chi connectivity index (χ2v) is 22.7. The van der Waals surface area contributed by atoms with Crippen LogP contribution in [0, 0.1) is 0 Å². The summed E-state index contributed by atoms with van der Waals surface area (Å²) >= 11 is 0. The summed E-state index contributed by atoms with van der Waals surface area (Å²) in [6.45, 7) is 6.52. The molecular weight excluding hydrogens is 985 g/mol. The normalized spacial score (nSPS) is 12.7. The summed E-state index contributed by atoms with van der Waals surface area (Å²) in [6, 6.07) is 0. The molecule has 0 fully saturated rings. The Morgan fingerprint density at radius 1 is 0.263 bits per heavy atom. The first kappa shape index (κ1) is 76.3. The number of rotatable bonds is 62. The van der Waals surface area contributed by atoms with Gasteiger partial charge in [0, 0.05) is 19.3 Å². The van der Waals surface area contributed by atoms with E-state index in [2.05, 4.69) is 118 Å². The van der Waals surface area contributed by atoms with Gasteiger partial charge in [0.1, 0.15) is 13.2 Å². The lowest BCUT2D eigenvalue weighted by atomic mass is 10.0. The maximum atomic E-state index is 12.9. The number of hydrogen-bond donors (Lipinski definition) is 0. The summed E-state index contributed by atoms with van der Waals surface area (Å²) in [6.07, 6.45) is 91.3. The van der Waals surface area contributed by atoms with Gasteiger partial charge in [-0.1, -0.05) is 291 Å². The SMILES string of the molecule is CC/C=C\C/C=C\C/C=C\C/C=C\CCCCCCCCCCCCCCC(=O)OCC(COC(=O)CCCCCCCCC/C=C\CCCCCCCCC)OC(=O)CCCCCCCC/C=C\C/C=C\C/C=C\CCCCC. The number of ether oxygens (including phenoxy) is 3. The van der Waals surface area contributed by atoms with E-state index in [1.54, 1.807) is 0 Å². The quantitative estimate of drug-likeness (QED) is 0.0261. The maximum absolute atomic E-state index is 12.9. The molecule has 0 aromatic heterocycles. The summed E-state index contributed by atoms with van der Waals surface area (Å²) in [7, 11) is 0. The third-order valence-electron chi connectivity index (χ3n) is 14.8. The molecule has 0 aliphatic carbocycles. The molecule has 0 aromatic rings. The average Bonchev–Trinajstić information content (AvgIpc) is 3.46. The average molecular weight is 1110 g/mol. The molecule has 0 amide bonds. The Morgan fingerprint density at radius 2 is 0.487 bits per heavy atom. The van der Waals surface area contributed by atoms with Crippen molar-refractivity contribution in [2.45, 2.75) is 341 Å². The lowest BCUT2D eigenvalue weighted by molar-refractivity contribution is -0.167. The highest BCUT2D eigenvalue weighted by Crippen LogP contribution is 2.16. The molecule has 0 aliphatic rings. The Hall–Kier alpha value is -3.67. The van der Waals surface area contributed by atoms with Crippen molar-refractivity contribution in [3.63, 3.8) is 0 Å². The minimum absolute atomic E-state index is 0.0839. The van der Waals surface area contributed by atoms with Crippen LogP contribution in [0.1, 0.15) is 335 Å². The molecule has 0 radical (unpaired) electrons. The Kier molecular flexibility index (Phi) is 64.7. The summed E-state index contributed by atoms with van der Waals surface area (Å²) in [4.78, 5) is 38.5. The van der Waals surface area contributed by atoms with Crippen molar-refractivity contribution < 1.29 is 28.6 Å². The van der Waals surface area contributed by atoms with Gasteiger partial charge in [0.05, 0.1) is 0 Å². The van der Waals surface area contributed by atoms with E-state index in [1.807, 2.05) is 0 Å². The molecule has 0 saturated heterocycles. The molecule has 80 heavy (non-hydrogen) atoms. The van der Waals surface area contributed by atoms with Crippen LogP contribution in [0.15, 0.2) is 97.2 Å². The van der Waals surface area contributed by atoms with E-state index in [1.165, 1.54) is 186 Å². The van der Waals surface area contributed by atoms with Crippen LogP contribution < -0.4 is 0 Å². The number of carbonyl (C=O) groups is 3.